The lowest BCUT2D eigenvalue weighted by Crippen LogP contribution is -2.44. The monoisotopic (exact) mass is 494 g/mol. The van der Waals surface area contributed by atoms with E-state index < -0.39 is 10.3 Å². The number of hydrogen-bond donors (Lipinski definition) is 2. The number of piperidine rings is 1. The number of fused-ring (bicyclic) bond motifs is 1. The molecule has 190 valence electrons. The van der Waals surface area contributed by atoms with Crippen molar-refractivity contribution in [2.45, 2.75) is 77.4 Å². The van der Waals surface area contributed by atoms with E-state index in [0.717, 1.165) is 59.9 Å². The van der Waals surface area contributed by atoms with Gasteiger partial charge in [0.05, 0.1) is 6.61 Å². The highest BCUT2D eigenvalue weighted by molar-refractivity contribution is 7.84. The van der Waals surface area contributed by atoms with Gasteiger partial charge in [0, 0.05) is 54.7 Å². The number of rotatable bonds is 8. The Morgan fingerprint density at radius 2 is 1.76 bits per heavy atom. The SMILES string of the molecule is CC(C)[C@H]1CC[C@@H](N2CCC(n3c(CCOS(N)(=O)=O)c(CN)c4cc(F)ccc43)CC2)CC1. The van der Waals surface area contributed by atoms with Gasteiger partial charge in [0.1, 0.15) is 5.82 Å². The first-order valence-electron chi connectivity index (χ1n) is 12.6. The third-order valence-corrected chi connectivity index (χ3v) is 8.53. The van der Waals surface area contributed by atoms with E-state index in [-0.39, 0.29) is 25.0 Å². The lowest BCUT2D eigenvalue weighted by atomic mass is 9.79. The molecule has 9 heteroatoms. The molecule has 1 aliphatic carbocycles. The van der Waals surface area contributed by atoms with Crippen molar-refractivity contribution in [2.24, 2.45) is 22.7 Å². The van der Waals surface area contributed by atoms with Crippen molar-refractivity contribution in [3.63, 3.8) is 0 Å². The fraction of sp³-hybridized carbons (Fsp3) is 0.680. The molecule has 0 bridgehead atoms. The summed E-state index contributed by atoms with van der Waals surface area (Å²) in [7, 11) is -4.02. The fourth-order valence-electron chi connectivity index (χ4n) is 6.22. The summed E-state index contributed by atoms with van der Waals surface area (Å²) >= 11 is 0. The van der Waals surface area contributed by atoms with Gasteiger partial charge in [-0.25, -0.2) is 9.53 Å². The first-order chi connectivity index (χ1) is 16.2. The standard InChI is InChI=1S/C25H39FN4O3S/c1-17(2)18-3-6-20(7-4-18)29-12-9-21(10-13-29)30-24-8-5-19(26)15-22(24)23(16-27)25(30)11-14-33-34(28,31)32/h5,8,15,17-18,20-21H,3-4,6-7,9-14,16,27H2,1-2H3,(H2,28,31,32)/t18-,20+. The van der Waals surface area contributed by atoms with E-state index in [1.165, 1.54) is 37.8 Å². The molecule has 4 rings (SSSR count). The van der Waals surface area contributed by atoms with Crippen LogP contribution >= 0.6 is 0 Å². The van der Waals surface area contributed by atoms with Crippen LogP contribution in [-0.2, 0) is 27.5 Å². The maximum atomic E-state index is 14.1. The molecule has 1 saturated carbocycles. The van der Waals surface area contributed by atoms with Gasteiger partial charge in [0.25, 0.3) is 0 Å². The Morgan fingerprint density at radius 3 is 2.35 bits per heavy atom. The minimum absolute atomic E-state index is 0.0669. The Balaban J connectivity index is 1.53. The summed E-state index contributed by atoms with van der Waals surface area (Å²) in [5.41, 5.74) is 8.81. The Kier molecular flexibility index (Phi) is 7.99. The zero-order valence-electron chi connectivity index (χ0n) is 20.4. The Labute approximate surface area is 202 Å². The van der Waals surface area contributed by atoms with Gasteiger partial charge in [-0.2, -0.15) is 8.42 Å². The van der Waals surface area contributed by atoms with Crippen LogP contribution in [0.4, 0.5) is 4.39 Å². The van der Waals surface area contributed by atoms with Crippen LogP contribution in [0, 0.1) is 17.7 Å². The van der Waals surface area contributed by atoms with Gasteiger partial charge in [-0.15, -0.1) is 0 Å². The van der Waals surface area contributed by atoms with Crippen LogP contribution in [0.3, 0.4) is 0 Å². The molecule has 0 atom stereocenters. The quantitative estimate of drug-likeness (QED) is 0.580. The topological polar surface area (TPSA) is 104 Å². The van der Waals surface area contributed by atoms with Gasteiger partial charge in [0.15, 0.2) is 0 Å². The van der Waals surface area contributed by atoms with Gasteiger partial charge in [-0.1, -0.05) is 13.8 Å². The average molecular weight is 495 g/mol. The molecular formula is C25H39FN4O3S. The van der Waals surface area contributed by atoms with Crippen LogP contribution < -0.4 is 10.9 Å². The van der Waals surface area contributed by atoms with Crippen LogP contribution in [0.15, 0.2) is 18.2 Å². The zero-order chi connectivity index (χ0) is 24.5. The molecule has 0 unspecified atom stereocenters. The molecule has 1 aliphatic heterocycles. The van der Waals surface area contributed by atoms with Crippen LogP contribution in [0.5, 0.6) is 0 Å². The van der Waals surface area contributed by atoms with Crippen LogP contribution in [-0.4, -0.2) is 43.6 Å². The lowest BCUT2D eigenvalue weighted by molar-refractivity contribution is 0.0888. The molecule has 2 fully saturated rings. The van der Waals surface area contributed by atoms with E-state index in [2.05, 4.69) is 23.3 Å². The molecular weight excluding hydrogens is 455 g/mol. The first-order valence-corrected chi connectivity index (χ1v) is 14.1. The van der Waals surface area contributed by atoms with E-state index >= 15 is 0 Å². The van der Waals surface area contributed by atoms with Gasteiger partial charge < -0.3 is 15.2 Å². The maximum absolute atomic E-state index is 14.1. The summed E-state index contributed by atoms with van der Waals surface area (Å²) in [6, 6.07) is 5.74. The van der Waals surface area contributed by atoms with Crippen molar-refractivity contribution in [2.75, 3.05) is 19.7 Å². The molecule has 4 N–H and O–H groups in total. The molecule has 34 heavy (non-hydrogen) atoms. The second-order valence-electron chi connectivity index (χ2n) is 10.3. The highest BCUT2D eigenvalue weighted by atomic mass is 32.2. The van der Waals surface area contributed by atoms with Gasteiger partial charge in [-0.05, 0) is 74.1 Å². The van der Waals surface area contributed by atoms with Gasteiger partial charge >= 0.3 is 10.3 Å². The number of aromatic nitrogens is 1. The van der Waals surface area contributed by atoms with Crippen LogP contribution in [0.1, 0.15) is 69.7 Å². The van der Waals surface area contributed by atoms with Crippen molar-refractivity contribution in [3.05, 3.63) is 35.3 Å². The van der Waals surface area contributed by atoms with Crippen LogP contribution in [0.25, 0.3) is 10.9 Å². The largest absolute Gasteiger partial charge is 0.341 e. The molecule has 2 heterocycles. The van der Waals surface area contributed by atoms with E-state index in [1.807, 2.05) is 6.07 Å². The number of nitrogens with zero attached hydrogens (tertiary/aromatic N) is 2. The number of nitrogens with two attached hydrogens (primary N) is 2. The summed E-state index contributed by atoms with van der Waals surface area (Å²) in [5.74, 6) is 1.32. The van der Waals surface area contributed by atoms with E-state index in [1.54, 1.807) is 0 Å². The molecule has 2 aliphatic rings. The lowest BCUT2D eigenvalue weighted by Gasteiger charge is -2.42. The third kappa shape index (κ3) is 5.65. The zero-order valence-corrected chi connectivity index (χ0v) is 21.2. The normalized spacial score (nSPS) is 23.2. The molecule has 0 amide bonds. The summed E-state index contributed by atoms with van der Waals surface area (Å²) in [4.78, 5) is 2.66. The smallest absolute Gasteiger partial charge is 0.333 e. The number of hydrogen-bond acceptors (Lipinski definition) is 5. The Bertz CT molecular complexity index is 1090. The minimum atomic E-state index is -4.02. The average Bonchev–Trinajstić information content (AvgIpc) is 3.10. The number of halogens is 1. The van der Waals surface area contributed by atoms with E-state index in [0.29, 0.717) is 12.5 Å². The summed E-state index contributed by atoms with van der Waals surface area (Å²) < 4.78 is 43.8. The van der Waals surface area contributed by atoms with Crippen LogP contribution in [0.2, 0.25) is 0 Å². The fourth-order valence-corrected chi connectivity index (χ4v) is 6.54. The van der Waals surface area contributed by atoms with Crippen molar-refractivity contribution in [1.82, 2.24) is 9.47 Å². The van der Waals surface area contributed by atoms with Crippen molar-refractivity contribution in [3.8, 4) is 0 Å². The maximum Gasteiger partial charge on any atom is 0.333 e. The summed E-state index contributed by atoms with van der Waals surface area (Å²) in [6.07, 6.45) is 7.56. The number of likely N-dealkylation sites (tertiary alicyclic amines) is 1. The second kappa shape index (κ2) is 10.6. The molecule has 0 radical (unpaired) electrons. The van der Waals surface area contributed by atoms with E-state index in [9.17, 15) is 12.8 Å². The molecule has 0 spiro atoms. The summed E-state index contributed by atoms with van der Waals surface area (Å²) in [5, 5.41) is 5.81. The predicted octanol–water partition coefficient (Wildman–Crippen LogP) is 3.85. The molecule has 2 aromatic rings. The Morgan fingerprint density at radius 1 is 1.09 bits per heavy atom. The third-order valence-electron chi connectivity index (χ3n) is 8.04. The summed E-state index contributed by atoms with van der Waals surface area (Å²) in [6.45, 7) is 6.93. The van der Waals surface area contributed by atoms with Crippen molar-refractivity contribution < 1.29 is 17.0 Å². The highest BCUT2D eigenvalue weighted by Gasteiger charge is 2.32. The van der Waals surface area contributed by atoms with Crippen molar-refractivity contribution in [1.29, 1.82) is 0 Å². The number of benzene rings is 1. The molecule has 7 nitrogen and oxygen atoms in total. The first kappa shape index (κ1) is 25.6. The van der Waals surface area contributed by atoms with E-state index in [4.69, 9.17) is 15.1 Å². The molecule has 1 aromatic carbocycles. The second-order valence-corrected chi connectivity index (χ2v) is 11.5. The predicted molar refractivity (Wildman–Crippen MR) is 133 cm³/mol. The van der Waals surface area contributed by atoms with Gasteiger partial charge in [-0.3, -0.25) is 4.18 Å². The molecule has 1 saturated heterocycles. The Hall–Kier alpha value is -1.52. The molecule has 1 aromatic heterocycles. The van der Waals surface area contributed by atoms with Crippen molar-refractivity contribution >= 4 is 21.2 Å². The highest BCUT2D eigenvalue weighted by Crippen LogP contribution is 2.37. The van der Waals surface area contributed by atoms with Gasteiger partial charge in [0.2, 0.25) is 0 Å². The minimum Gasteiger partial charge on any atom is -0.341 e.